The van der Waals surface area contributed by atoms with Crippen LogP contribution >= 0.6 is 0 Å². The number of carbonyl (C=O) groups is 1. The first-order valence-electron chi connectivity index (χ1n) is 8.74. The van der Waals surface area contributed by atoms with Crippen molar-refractivity contribution in [2.45, 2.75) is 6.61 Å². The Morgan fingerprint density at radius 3 is 2.66 bits per heavy atom. The lowest BCUT2D eigenvalue weighted by molar-refractivity contribution is 0.143. The van der Waals surface area contributed by atoms with Gasteiger partial charge in [0.25, 0.3) is 0 Å². The van der Waals surface area contributed by atoms with Crippen molar-refractivity contribution in [3.05, 3.63) is 47.7 Å². The highest BCUT2D eigenvalue weighted by molar-refractivity contribution is 5.90. The quantitative estimate of drug-likeness (QED) is 0.510. The number of rotatable bonds is 4. The smallest absolute Gasteiger partial charge is 0.414 e. The zero-order valence-electron chi connectivity index (χ0n) is 15.4. The van der Waals surface area contributed by atoms with E-state index in [9.17, 15) is 10.1 Å². The molecule has 0 saturated carbocycles. The summed E-state index contributed by atoms with van der Waals surface area (Å²) >= 11 is 0. The van der Waals surface area contributed by atoms with Gasteiger partial charge in [-0.05, 0) is 6.07 Å². The van der Waals surface area contributed by atoms with Crippen LogP contribution in [0.25, 0.3) is 0 Å². The average Bonchev–Trinajstić information content (AvgIpc) is 2.73. The monoisotopic (exact) mass is 398 g/mol. The fraction of sp³-hybridized carbons (Fsp3) is 0.278. The normalized spacial score (nSPS) is 13.5. The number of carbonyl (C=O) groups excluding carboxylic acids is 1. The van der Waals surface area contributed by atoms with Gasteiger partial charge in [-0.1, -0.05) is 6.07 Å². The molecule has 150 valence electrons. The molecule has 3 rings (SSSR count). The molecule has 1 fully saturated rings. The molecule has 2 aromatic rings. The van der Waals surface area contributed by atoms with Crippen LogP contribution < -0.4 is 20.9 Å². The van der Waals surface area contributed by atoms with Gasteiger partial charge in [-0.25, -0.2) is 14.2 Å². The van der Waals surface area contributed by atoms with E-state index in [1.165, 1.54) is 12.1 Å². The van der Waals surface area contributed by atoms with Crippen molar-refractivity contribution in [3.8, 4) is 6.07 Å². The molecule has 1 aromatic carbocycles. The lowest BCUT2D eigenvalue weighted by atomic mass is 10.1. The van der Waals surface area contributed by atoms with Gasteiger partial charge in [-0.2, -0.15) is 5.26 Å². The van der Waals surface area contributed by atoms with Crippen molar-refractivity contribution in [1.82, 2.24) is 15.3 Å². The van der Waals surface area contributed by atoms with Crippen molar-refractivity contribution in [2.24, 2.45) is 5.73 Å². The van der Waals surface area contributed by atoms with Crippen molar-refractivity contribution in [2.75, 3.05) is 36.0 Å². The molecule has 11 heteroatoms. The van der Waals surface area contributed by atoms with E-state index in [0.717, 1.165) is 5.82 Å². The number of alkyl carbamates (subject to hydrolysis) is 1. The summed E-state index contributed by atoms with van der Waals surface area (Å²) in [5.41, 5.74) is 5.55. The molecule has 0 atom stereocenters. The Balaban J connectivity index is 1.74. The molecule has 10 nitrogen and oxygen atoms in total. The summed E-state index contributed by atoms with van der Waals surface area (Å²) in [7, 11) is 0. The number of benzene rings is 1. The van der Waals surface area contributed by atoms with Gasteiger partial charge in [-0.15, -0.1) is 0 Å². The van der Waals surface area contributed by atoms with Gasteiger partial charge < -0.3 is 20.3 Å². The van der Waals surface area contributed by atoms with Crippen LogP contribution in [0.15, 0.2) is 30.7 Å². The maximum absolute atomic E-state index is 15.1. The first-order chi connectivity index (χ1) is 14.0. The van der Waals surface area contributed by atoms with Crippen LogP contribution in [0, 0.1) is 22.6 Å². The largest absolute Gasteiger partial charge is 0.444 e. The number of anilines is 2. The maximum Gasteiger partial charge on any atom is 0.414 e. The Bertz CT molecular complexity index is 939. The summed E-state index contributed by atoms with van der Waals surface area (Å²) in [6.07, 6.45) is 3.92. The van der Waals surface area contributed by atoms with Crippen molar-refractivity contribution >= 4 is 23.6 Å². The zero-order chi connectivity index (χ0) is 20.8. The molecule has 0 spiro atoms. The van der Waals surface area contributed by atoms with Gasteiger partial charge in [0.1, 0.15) is 18.5 Å². The van der Waals surface area contributed by atoms with E-state index < -0.39 is 17.9 Å². The van der Waals surface area contributed by atoms with E-state index in [1.807, 2.05) is 16.3 Å². The Morgan fingerprint density at radius 2 is 2.03 bits per heavy atom. The Labute approximate surface area is 166 Å². The molecule has 2 heterocycles. The van der Waals surface area contributed by atoms with Crippen molar-refractivity contribution < 1.29 is 13.9 Å². The van der Waals surface area contributed by atoms with E-state index >= 15 is 4.39 Å². The number of halogens is 1. The van der Waals surface area contributed by atoms with Gasteiger partial charge >= 0.3 is 6.09 Å². The molecule has 1 aliphatic heterocycles. The first kappa shape index (κ1) is 19.8. The van der Waals surface area contributed by atoms with Crippen LogP contribution in [-0.2, 0) is 11.3 Å². The molecule has 1 aliphatic rings. The molecular formula is C18H19FN8O2. The number of hydrogen-bond donors (Lipinski definition) is 3. The number of aromatic nitrogens is 2. The van der Waals surface area contributed by atoms with E-state index in [1.54, 1.807) is 23.5 Å². The highest BCUT2D eigenvalue weighted by Gasteiger charge is 2.25. The number of nitrogens with zero attached hydrogens (tertiary/aromatic N) is 5. The average molecular weight is 398 g/mol. The second-order valence-electron chi connectivity index (χ2n) is 6.20. The molecule has 0 unspecified atom stereocenters. The van der Waals surface area contributed by atoms with Crippen LogP contribution in [0.4, 0.5) is 20.7 Å². The SMILES string of the molecule is N#Cc1ccc(COC(=O)NC(=N)N)c(F)c1N1CCN(c2cnccn2)CC1. The first-order valence-corrected chi connectivity index (χ1v) is 8.74. The van der Waals surface area contributed by atoms with Crippen LogP contribution in [0.5, 0.6) is 0 Å². The lowest BCUT2D eigenvalue weighted by Crippen LogP contribution is -2.47. The molecule has 1 saturated heterocycles. The predicted octanol–water partition coefficient (Wildman–Crippen LogP) is 0.934. The third-order valence-electron chi connectivity index (χ3n) is 4.38. The number of guanidine groups is 1. The summed E-state index contributed by atoms with van der Waals surface area (Å²) in [5.74, 6) is -0.448. The standard InChI is InChI=1S/C18H19FN8O2/c19-15-13(11-29-18(28)25-17(21)22)2-1-12(9-20)16(15)27-7-5-26(6-8-27)14-10-23-3-4-24-14/h1-4,10H,5-8,11H2,(H4,21,22,25,28). The number of amides is 1. The van der Waals surface area contributed by atoms with Gasteiger partial charge in [-0.3, -0.25) is 15.7 Å². The Hall–Kier alpha value is -3.94. The number of piperazine rings is 1. The van der Waals surface area contributed by atoms with Crippen LogP contribution in [0.2, 0.25) is 0 Å². The van der Waals surface area contributed by atoms with Gasteiger partial charge in [0.05, 0.1) is 17.4 Å². The van der Waals surface area contributed by atoms with E-state index in [-0.39, 0.29) is 23.4 Å². The summed E-state index contributed by atoms with van der Waals surface area (Å²) in [6, 6.07) is 4.90. The molecule has 1 aromatic heterocycles. The summed E-state index contributed by atoms with van der Waals surface area (Å²) in [4.78, 5) is 23.6. The fourth-order valence-corrected chi connectivity index (χ4v) is 3.02. The number of nitrogens with one attached hydrogen (secondary N) is 2. The maximum atomic E-state index is 15.1. The predicted molar refractivity (Wildman–Crippen MR) is 103 cm³/mol. The third kappa shape index (κ3) is 4.67. The van der Waals surface area contributed by atoms with E-state index in [4.69, 9.17) is 15.9 Å². The molecule has 1 amide bonds. The Morgan fingerprint density at radius 1 is 1.31 bits per heavy atom. The summed E-state index contributed by atoms with van der Waals surface area (Å²) < 4.78 is 20.0. The van der Waals surface area contributed by atoms with Gasteiger partial charge in [0.15, 0.2) is 11.8 Å². The molecule has 0 radical (unpaired) electrons. The van der Waals surface area contributed by atoms with Crippen LogP contribution in [-0.4, -0.2) is 48.2 Å². The number of hydrogen-bond acceptors (Lipinski definition) is 8. The molecule has 0 bridgehead atoms. The van der Waals surface area contributed by atoms with Crippen LogP contribution in [0.3, 0.4) is 0 Å². The highest BCUT2D eigenvalue weighted by Crippen LogP contribution is 2.29. The van der Waals surface area contributed by atoms with Crippen LogP contribution in [0.1, 0.15) is 11.1 Å². The third-order valence-corrected chi connectivity index (χ3v) is 4.38. The second-order valence-corrected chi connectivity index (χ2v) is 6.20. The molecule has 4 N–H and O–H groups in total. The van der Waals surface area contributed by atoms with Gasteiger partial charge in [0.2, 0.25) is 0 Å². The highest BCUT2D eigenvalue weighted by atomic mass is 19.1. The fourth-order valence-electron chi connectivity index (χ4n) is 3.02. The van der Waals surface area contributed by atoms with Gasteiger partial charge in [0, 0.05) is 44.1 Å². The zero-order valence-corrected chi connectivity index (χ0v) is 15.4. The minimum Gasteiger partial charge on any atom is -0.444 e. The number of nitriles is 1. The minimum atomic E-state index is -0.958. The molecule has 0 aliphatic carbocycles. The van der Waals surface area contributed by atoms with Crippen molar-refractivity contribution in [1.29, 1.82) is 10.7 Å². The molecule has 29 heavy (non-hydrogen) atoms. The minimum absolute atomic E-state index is 0.119. The summed E-state index contributed by atoms with van der Waals surface area (Å²) in [6.45, 7) is 1.79. The molecular weight excluding hydrogens is 379 g/mol. The number of nitrogens with two attached hydrogens (primary N) is 1. The Kier molecular flexibility index (Phi) is 6.03. The topological polar surface area (TPSA) is 144 Å². The second kappa shape index (κ2) is 8.83. The number of ether oxygens (including phenoxy) is 1. The van der Waals surface area contributed by atoms with E-state index in [0.29, 0.717) is 26.2 Å². The summed E-state index contributed by atoms with van der Waals surface area (Å²) in [5, 5.41) is 18.3. The lowest BCUT2D eigenvalue weighted by Gasteiger charge is -2.37. The van der Waals surface area contributed by atoms with E-state index in [2.05, 4.69) is 9.97 Å². The van der Waals surface area contributed by atoms with Crippen molar-refractivity contribution in [3.63, 3.8) is 0 Å².